The van der Waals surface area contributed by atoms with Crippen LogP contribution in [0.2, 0.25) is 0 Å². The molecule has 1 unspecified atom stereocenters. The minimum absolute atomic E-state index is 0.102. The molecule has 9 heteroatoms. The number of carbonyl (C=O) groups excluding carboxylic acids is 1. The summed E-state index contributed by atoms with van der Waals surface area (Å²) in [5, 5.41) is 12.4. The van der Waals surface area contributed by atoms with Gasteiger partial charge in [-0.15, -0.1) is 0 Å². The molecule has 1 N–H and O–H groups in total. The Bertz CT molecular complexity index is 1290. The number of hydrogen-bond donors (Lipinski definition) is 1. The second-order valence-corrected chi connectivity index (χ2v) is 9.05. The van der Waals surface area contributed by atoms with E-state index in [1.807, 2.05) is 19.0 Å². The number of halogens is 1. The van der Waals surface area contributed by atoms with Gasteiger partial charge in [0.05, 0.1) is 19.6 Å². The summed E-state index contributed by atoms with van der Waals surface area (Å²) in [6.45, 7) is 0.907. The van der Waals surface area contributed by atoms with Crippen molar-refractivity contribution in [3.05, 3.63) is 68.0 Å². The quantitative estimate of drug-likeness (QED) is 0.515. The van der Waals surface area contributed by atoms with E-state index in [-0.39, 0.29) is 28.8 Å². The molecule has 0 fully saturated rings. The predicted molar refractivity (Wildman–Crippen MR) is 127 cm³/mol. The largest absolute Gasteiger partial charge is 0.493 e. The third-order valence-corrected chi connectivity index (χ3v) is 6.30. The monoisotopic (exact) mass is 516 g/mol. The second-order valence-electron chi connectivity index (χ2n) is 8.13. The first-order chi connectivity index (χ1) is 15.7. The van der Waals surface area contributed by atoms with E-state index in [0.717, 1.165) is 0 Å². The molecule has 1 aromatic heterocycles. The van der Waals surface area contributed by atoms with Crippen LogP contribution in [-0.2, 0) is 5.72 Å². The molecule has 1 aliphatic rings. The van der Waals surface area contributed by atoms with Crippen LogP contribution < -0.4 is 14.9 Å². The molecule has 174 valence electrons. The summed E-state index contributed by atoms with van der Waals surface area (Å²) in [5.41, 5.74) is -2.02. The summed E-state index contributed by atoms with van der Waals surface area (Å²) >= 11 is 3.37. The highest BCUT2D eigenvalue weighted by molar-refractivity contribution is 9.10. The summed E-state index contributed by atoms with van der Waals surface area (Å²) in [6, 6.07) is 9.80. The lowest BCUT2D eigenvalue weighted by Crippen LogP contribution is -2.47. The number of nitrogens with zero attached hydrogens (tertiary/aromatic N) is 2. The lowest BCUT2D eigenvalue weighted by Gasteiger charge is -2.34. The Morgan fingerprint density at radius 1 is 1.09 bits per heavy atom. The van der Waals surface area contributed by atoms with E-state index >= 15 is 0 Å². The number of aliphatic hydroxyl groups is 1. The van der Waals surface area contributed by atoms with E-state index in [4.69, 9.17) is 13.9 Å². The van der Waals surface area contributed by atoms with Gasteiger partial charge < -0.3 is 23.9 Å². The minimum atomic E-state index is -2.03. The molecule has 0 spiro atoms. The van der Waals surface area contributed by atoms with Crippen LogP contribution in [0.1, 0.15) is 28.1 Å². The fourth-order valence-corrected chi connectivity index (χ4v) is 4.56. The lowest BCUT2D eigenvalue weighted by atomic mass is 9.93. The van der Waals surface area contributed by atoms with Gasteiger partial charge in [0, 0.05) is 16.6 Å². The van der Waals surface area contributed by atoms with E-state index in [9.17, 15) is 14.7 Å². The first kappa shape index (κ1) is 23.3. The molecule has 0 bridgehead atoms. The van der Waals surface area contributed by atoms with E-state index < -0.39 is 17.1 Å². The van der Waals surface area contributed by atoms with Gasteiger partial charge in [0.1, 0.15) is 11.1 Å². The third-order valence-electron chi connectivity index (χ3n) is 5.80. The second kappa shape index (κ2) is 8.81. The molecule has 0 aliphatic carbocycles. The lowest BCUT2D eigenvalue weighted by molar-refractivity contribution is -0.0514. The fourth-order valence-electron chi connectivity index (χ4n) is 4.20. The van der Waals surface area contributed by atoms with Crippen LogP contribution in [0, 0.1) is 0 Å². The average molecular weight is 517 g/mol. The third kappa shape index (κ3) is 3.80. The van der Waals surface area contributed by atoms with Crippen molar-refractivity contribution in [3.63, 3.8) is 0 Å². The van der Waals surface area contributed by atoms with Crippen molar-refractivity contribution < 1.29 is 23.8 Å². The smallest absolute Gasteiger partial charge is 0.293 e. The van der Waals surface area contributed by atoms with Crippen LogP contribution in [-0.4, -0.2) is 62.2 Å². The topological polar surface area (TPSA) is 92.5 Å². The van der Waals surface area contributed by atoms with Crippen molar-refractivity contribution in [2.75, 3.05) is 41.4 Å². The number of benzene rings is 2. The molecule has 1 amide bonds. The Hall–Kier alpha value is -2.88. The Labute approximate surface area is 199 Å². The number of amides is 1. The predicted octanol–water partition coefficient (Wildman–Crippen LogP) is 3.17. The Balaban J connectivity index is 1.97. The highest BCUT2D eigenvalue weighted by Gasteiger charge is 2.54. The first-order valence-electron chi connectivity index (χ1n) is 10.4. The van der Waals surface area contributed by atoms with Crippen molar-refractivity contribution in [2.24, 2.45) is 0 Å². The molecule has 8 nitrogen and oxygen atoms in total. The van der Waals surface area contributed by atoms with E-state index in [0.29, 0.717) is 34.5 Å². The van der Waals surface area contributed by atoms with Crippen LogP contribution in [0.3, 0.4) is 0 Å². The Morgan fingerprint density at radius 2 is 1.82 bits per heavy atom. The maximum absolute atomic E-state index is 13.6. The molecule has 0 radical (unpaired) electrons. The SMILES string of the molecule is COc1ccc(C2(O)c3c(oc4ccc(Br)cc4c3=O)C(=O)N2CCCN(C)C)cc1OC. The van der Waals surface area contributed by atoms with Crippen LogP contribution in [0.4, 0.5) is 0 Å². The van der Waals surface area contributed by atoms with Gasteiger partial charge in [0.15, 0.2) is 11.5 Å². The van der Waals surface area contributed by atoms with Gasteiger partial charge in [-0.1, -0.05) is 15.9 Å². The fraction of sp³-hybridized carbons (Fsp3) is 0.333. The molecule has 2 heterocycles. The standard InChI is InChI=1S/C24H25BrN2O6/c1-26(2)10-5-11-27-23(29)22-20(21(28)16-13-15(25)7-9-17(16)33-22)24(27,30)14-6-8-18(31-3)19(12-14)32-4/h6-9,12-13,30H,5,10-11H2,1-4H3. The minimum Gasteiger partial charge on any atom is -0.493 e. The highest BCUT2D eigenvalue weighted by Crippen LogP contribution is 2.44. The molecule has 0 saturated carbocycles. The zero-order valence-electron chi connectivity index (χ0n) is 18.8. The molecule has 33 heavy (non-hydrogen) atoms. The van der Waals surface area contributed by atoms with Gasteiger partial charge in [-0.2, -0.15) is 0 Å². The van der Waals surface area contributed by atoms with Crippen molar-refractivity contribution in [1.29, 1.82) is 0 Å². The Morgan fingerprint density at radius 3 is 2.48 bits per heavy atom. The van der Waals surface area contributed by atoms with Gasteiger partial charge in [-0.05, 0) is 63.5 Å². The zero-order valence-corrected chi connectivity index (χ0v) is 20.4. The number of hydrogen-bond acceptors (Lipinski definition) is 7. The average Bonchev–Trinajstić information content (AvgIpc) is 3.01. The molecule has 4 rings (SSSR count). The van der Waals surface area contributed by atoms with E-state index in [1.54, 1.807) is 36.4 Å². The Kier molecular flexibility index (Phi) is 6.22. The normalized spacial score (nSPS) is 17.7. The number of rotatable bonds is 7. The molecule has 3 aromatic rings. The van der Waals surface area contributed by atoms with E-state index in [2.05, 4.69) is 15.9 Å². The molecular weight excluding hydrogens is 492 g/mol. The van der Waals surface area contributed by atoms with Crippen LogP contribution >= 0.6 is 15.9 Å². The van der Waals surface area contributed by atoms with Crippen molar-refractivity contribution in [2.45, 2.75) is 12.1 Å². The summed E-state index contributed by atoms with van der Waals surface area (Å²) < 4.78 is 17.3. The first-order valence-corrected chi connectivity index (χ1v) is 11.2. The molecule has 2 aromatic carbocycles. The maximum Gasteiger partial charge on any atom is 0.293 e. The van der Waals surface area contributed by atoms with Gasteiger partial charge >= 0.3 is 0 Å². The molecule has 1 atom stereocenters. The number of methoxy groups -OCH3 is 2. The summed E-state index contributed by atoms with van der Waals surface area (Å²) in [4.78, 5) is 30.4. The van der Waals surface area contributed by atoms with Crippen LogP contribution in [0.5, 0.6) is 11.5 Å². The van der Waals surface area contributed by atoms with Crippen molar-refractivity contribution in [3.8, 4) is 11.5 Å². The summed E-state index contributed by atoms with van der Waals surface area (Å²) in [7, 11) is 6.84. The number of fused-ring (bicyclic) bond motifs is 2. The van der Waals surface area contributed by atoms with Crippen molar-refractivity contribution >= 4 is 32.8 Å². The molecule has 0 saturated heterocycles. The summed E-state index contributed by atoms with van der Waals surface area (Å²) in [6.07, 6.45) is 0.585. The van der Waals surface area contributed by atoms with Crippen LogP contribution in [0.25, 0.3) is 11.0 Å². The van der Waals surface area contributed by atoms with Gasteiger partial charge in [0.25, 0.3) is 5.91 Å². The maximum atomic E-state index is 13.6. The van der Waals surface area contributed by atoms with E-state index in [1.165, 1.54) is 19.1 Å². The number of ether oxygens (including phenoxy) is 2. The van der Waals surface area contributed by atoms with Crippen molar-refractivity contribution in [1.82, 2.24) is 9.80 Å². The zero-order chi connectivity index (χ0) is 23.9. The highest BCUT2D eigenvalue weighted by atomic mass is 79.9. The van der Waals surface area contributed by atoms with Gasteiger partial charge in [0.2, 0.25) is 16.9 Å². The molecular formula is C24H25BrN2O6. The van der Waals surface area contributed by atoms with Crippen LogP contribution in [0.15, 0.2) is 50.1 Å². The van der Waals surface area contributed by atoms with Gasteiger partial charge in [-0.3, -0.25) is 14.5 Å². The van der Waals surface area contributed by atoms with Gasteiger partial charge in [-0.25, -0.2) is 0 Å². The molecule has 1 aliphatic heterocycles. The number of carbonyl (C=O) groups is 1. The summed E-state index contributed by atoms with van der Waals surface area (Å²) in [5.74, 6) is 0.133.